The van der Waals surface area contributed by atoms with Crippen LogP contribution in [-0.4, -0.2) is 9.97 Å². The van der Waals surface area contributed by atoms with Crippen molar-refractivity contribution in [2.24, 2.45) is 0 Å². The van der Waals surface area contributed by atoms with Gasteiger partial charge in [0.15, 0.2) is 0 Å². The van der Waals surface area contributed by atoms with Crippen LogP contribution in [0.4, 0.5) is 5.82 Å². The molecule has 0 saturated heterocycles. The molecule has 0 spiro atoms. The Morgan fingerprint density at radius 1 is 1.50 bits per heavy atom. The van der Waals surface area contributed by atoms with Gasteiger partial charge in [-0.15, -0.1) is 11.3 Å². The summed E-state index contributed by atoms with van der Waals surface area (Å²) in [5, 5.41) is 11.9. The molecule has 0 aliphatic heterocycles. The van der Waals surface area contributed by atoms with Crippen LogP contribution < -0.4 is 5.32 Å². The van der Waals surface area contributed by atoms with E-state index in [1.807, 2.05) is 30.6 Å². The Morgan fingerprint density at radius 2 is 2.38 bits per heavy atom. The lowest BCUT2D eigenvalue weighted by Crippen LogP contribution is -2.01. The van der Waals surface area contributed by atoms with Crippen molar-refractivity contribution in [3.63, 3.8) is 0 Å². The lowest BCUT2D eigenvalue weighted by atomic mass is 10.3. The zero-order valence-electron chi connectivity index (χ0n) is 8.77. The van der Waals surface area contributed by atoms with Gasteiger partial charge in [-0.05, 0) is 19.1 Å². The maximum atomic E-state index is 8.71. The van der Waals surface area contributed by atoms with Crippen molar-refractivity contribution in [1.29, 1.82) is 5.26 Å². The third-order valence-electron chi connectivity index (χ3n) is 2.14. The van der Waals surface area contributed by atoms with Crippen molar-refractivity contribution in [1.82, 2.24) is 9.97 Å². The van der Waals surface area contributed by atoms with Gasteiger partial charge in [0.1, 0.15) is 17.6 Å². The van der Waals surface area contributed by atoms with Crippen LogP contribution in [0.3, 0.4) is 0 Å². The third kappa shape index (κ3) is 2.35. The van der Waals surface area contributed by atoms with E-state index in [1.165, 1.54) is 4.88 Å². The van der Waals surface area contributed by atoms with E-state index in [2.05, 4.69) is 15.3 Å². The zero-order valence-corrected chi connectivity index (χ0v) is 9.58. The van der Waals surface area contributed by atoms with Crippen molar-refractivity contribution in [3.05, 3.63) is 40.0 Å². The maximum absolute atomic E-state index is 8.71. The average Bonchev–Trinajstić information content (AvgIpc) is 2.72. The van der Waals surface area contributed by atoms with Gasteiger partial charge in [-0.1, -0.05) is 6.07 Å². The highest BCUT2D eigenvalue weighted by Gasteiger charge is 2.01. The fraction of sp³-hybridized carbons (Fsp3) is 0.182. The second kappa shape index (κ2) is 4.73. The summed E-state index contributed by atoms with van der Waals surface area (Å²) in [6.07, 6.45) is 0. The van der Waals surface area contributed by atoms with Crippen LogP contribution in [0.15, 0.2) is 23.7 Å². The standard InChI is InChI=1S/C11H10N4S/c1-8-10(16-7-14-8)6-13-11-4-2-3-9(5-12)15-11/h2-4,7H,6H2,1H3,(H,13,15). The molecular weight excluding hydrogens is 220 g/mol. The molecule has 0 bridgehead atoms. The molecule has 0 atom stereocenters. The van der Waals surface area contributed by atoms with E-state index >= 15 is 0 Å². The summed E-state index contributed by atoms with van der Waals surface area (Å²) < 4.78 is 0. The van der Waals surface area contributed by atoms with Crippen molar-refractivity contribution < 1.29 is 0 Å². The van der Waals surface area contributed by atoms with Gasteiger partial charge in [-0.3, -0.25) is 0 Å². The minimum Gasteiger partial charge on any atom is -0.365 e. The summed E-state index contributed by atoms with van der Waals surface area (Å²) >= 11 is 1.61. The molecule has 0 saturated carbocycles. The molecule has 0 fully saturated rings. The number of aryl methyl sites for hydroxylation is 1. The first-order valence-electron chi connectivity index (χ1n) is 4.79. The third-order valence-corrected chi connectivity index (χ3v) is 3.07. The molecule has 2 heterocycles. The molecule has 5 heteroatoms. The first kappa shape index (κ1) is 10.6. The highest BCUT2D eigenvalue weighted by molar-refractivity contribution is 7.09. The summed E-state index contributed by atoms with van der Waals surface area (Å²) in [6, 6.07) is 7.35. The summed E-state index contributed by atoms with van der Waals surface area (Å²) in [5.74, 6) is 0.715. The van der Waals surface area contributed by atoms with E-state index < -0.39 is 0 Å². The predicted octanol–water partition coefficient (Wildman–Crippen LogP) is 2.33. The molecule has 0 radical (unpaired) electrons. The molecule has 0 aliphatic rings. The molecule has 80 valence electrons. The Balaban J connectivity index is 2.05. The number of hydrogen-bond acceptors (Lipinski definition) is 5. The van der Waals surface area contributed by atoms with E-state index in [4.69, 9.17) is 5.26 Å². The van der Waals surface area contributed by atoms with Crippen LogP contribution >= 0.6 is 11.3 Å². The summed E-state index contributed by atoms with van der Waals surface area (Å²) in [7, 11) is 0. The van der Waals surface area contributed by atoms with Gasteiger partial charge >= 0.3 is 0 Å². The molecule has 2 aromatic heterocycles. The minimum absolute atomic E-state index is 0.422. The number of pyridine rings is 1. The zero-order chi connectivity index (χ0) is 11.4. The van der Waals surface area contributed by atoms with Crippen molar-refractivity contribution in [2.45, 2.75) is 13.5 Å². The van der Waals surface area contributed by atoms with Crippen LogP contribution in [0.2, 0.25) is 0 Å². The fourth-order valence-corrected chi connectivity index (χ4v) is 1.98. The molecule has 0 unspecified atom stereocenters. The summed E-state index contributed by atoms with van der Waals surface area (Å²) in [6.45, 7) is 2.67. The fourth-order valence-electron chi connectivity index (χ4n) is 1.26. The minimum atomic E-state index is 0.422. The van der Waals surface area contributed by atoms with Crippen LogP contribution in [0.1, 0.15) is 16.3 Å². The Morgan fingerprint density at radius 3 is 3.06 bits per heavy atom. The highest BCUT2D eigenvalue weighted by atomic mass is 32.1. The second-order valence-electron chi connectivity index (χ2n) is 3.23. The number of hydrogen-bond donors (Lipinski definition) is 1. The lowest BCUT2D eigenvalue weighted by molar-refractivity contribution is 1.09. The number of nitriles is 1. The second-order valence-corrected chi connectivity index (χ2v) is 4.17. The Labute approximate surface area is 97.6 Å². The van der Waals surface area contributed by atoms with Gasteiger partial charge < -0.3 is 5.32 Å². The molecular formula is C11H10N4S. The van der Waals surface area contributed by atoms with E-state index in [9.17, 15) is 0 Å². The van der Waals surface area contributed by atoms with Gasteiger partial charge in [-0.25, -0.2) is 9.97 Å². The molecule has 1 N–H and O–H groups in total. The molecule has 0 amide bonds. The Kier molecular flexibility index (Phi) is 3.13. The molecule has 2 rings (SSSR count). The highest BCUT2D eigenvalue weighted by Crippen LogP contribution is 2.14. The Bertz CT molecular complexity index is 527. The summed E-state index contributed by atoms with van der Waals surface area (Å²) in [5.41, 5.74) is 3.28. The van der Waals surface area contributed by atoms with Crippen molar-refractivity contribution >= 4 is 17.2 Å². The SMILES string of the molecule is Cc1ncsc1CNc1cccc(C#N)n1. The maximum Gasteiger partial charge on any atom is 0.142 e. The first-order valence-corrected chi connectivity index (χ1v) is 5.67. The number of nitrogens with one attached hydrogen (secondary N) is 1. The van der Waals surface area contributed by atoms with Crippen molar-refractivity contribution in [3.8, 4) is 6.07 Å². The van der Waals surface area contributed by atoms with Gasteiger partial charge in [0, 0.05) is 4.88 Å². The number of rotatable bonds is 3. The molecule has 4 nitrogen and oxygen atoms in total. The van der Waals surface area contributed by atoms with E-state index in [1.54, 1.807) is 17.4 Å². The number of anilines is 1. The van der Waals surface area contributed by atoms with Gasteiger partial charge in [0.05, 0.1) is 17.7 Å². The lowest BCUT2D eigenvalue weighted by Gasteiger charge is -2.04. The largest absolute Gasteiger partial charge is 0.365 e. The predicted molar refractivity (Wildman–Crippen MR) is 63.1 cm³/mol. The van der Waals surface area contributed by atoms with Crippen LogP contribution in [0.5, 0.6) is 0 Å². The average molecular weight is 230 g/mol. The number of nitrogens with zero attached hydrogens (tertiary/aromatic N) is 3. The van der Waals surface area contributed by atoms with E-state index in [-0.39, 0.29) is 0 Å². The Hall–Kier alpha value is -1.93. The van der Waals surface area contributed by atoms with Gasteiger partial charge in [0.25, 0.3) is 0 Å². The van der Waals surface area contributed by atoms with Crippen LogP contribution in [0, 0.1) is 18.3 Å². The van der Waals surface area contributed by atoms with Gasteiger partial charge in [-0.2, -0.15) is 5.26 Å². The quantitative estimate of drug-likeness (QED) is 0.879. The molecule has 16 heavy (non-hydrogen) atoms. The molecule has 0 aromatic carbocycles. The number of thiazole rings is 1. The van der Waals surface area contributed by atoms with Crippen LogP contribution in [-0.2, 0) is 6.54 Å². The van der Waals surface area contributed by atoms with Crippen LogP contribution in [0.25, 0.3) is 0 Å². The van der Waals surface area contributed by atoms with E-state index in [0.717, 1.165) is 5.69 Å². The normalized spacial score (nSPS) is 9.75. The first-order chi connectivity index (χ1) is 7.79. The summed E-state index contributed by atoms with van der Waals surface area (Å²) in [4.78, 5) is 9.49. The topological polar surface area (TPSA) is 61.6 Å². The molecule has 2 aromatic rings. The molecule has 0 aliphatic carbocycles. The van der Waals surface area contributed by atoms with Gasteiger partial charge in [0.2, 0.25) is 0 Å². The van der Waals surface area contributed by atoms with Crippen molar-refractivity contribution in [2.75, 3.05) is 5.32 Å². The monoisotopic (exact) mass is 230 g/mol. The number of aromatic nitrogens is 2. The van der Waals surface area contributed by atoms with E-state index in [0.29, 0.717) is 18.1 Å². The smallest absolute Gasteiger partial charge is 0.142 e.